The Morgan fingerprint density at radius 3 is 2.11 bits per heavy atom. The fourth-order valence-corrected chi connectivity index (χ4v) is 3.40. The lowest BCUT2D eigenvalue weighted by molar-refractivity contribution is -0.134. The Hall–Kier alpha value is -0.710. The molecule has 0 aromatic rings. The molecule has 0 radical (unpaired) electrons. The van der Waals surface area contributed by atoms with E-state index in [9.17, 15) is 9.59 Å². The molecule has 0 saturated carbocycles. The van der Waals surface area contributed by atoms with Gasteiger partial charge in [0, 0.05) is 24.3 Å². The zero-order chi connectivity index (χ0) is 14.6. The monoisotopic (exact) mass is 286 g/mol. The number of nitrogens with zero attached hydrogens (tertiary/aromatic N) is 1. The maximum atomic E-state index is 12.3. The molecular formula is C14H26N2O2S. The van der Waals surface area contributed by atoms with Crippen molar-refractivity contribution in [2.45, 2.75) is 51.0 Å². The van der Waals surface area contributed by atoms with Gasteiger partial charge in [-0.15, -0.1) is 11.8 Å². The second-order valence-electron chi connectivity index (χ2n) is 5.73. The lowest BCUT2D eigenvalue weighted by Crippen LogP contribution is -2.44. The van der Waals surface area contributed by atoms with Crippen LogP contribution in [0.1, 0.15) is 40.5 Å². The van der Waals surface area contributed by atoms with Gasteiger partial charge < -0.3 is 10.6 Å². The van der Waals surface area contributed by atoms with Crippen molar-refractivity contribution in [3.63, 3.8) is 0 Å². The van der Waals surface area contributed by atoms with Crippen LogP contribution in [0.5, 0.6) is 0 Å². The molecule has 2 N–H and O–H groups in total. The Labute approximate surface area is 120 Å². The van der Waals surface area contributed by atoms with Gasteiger partial charge in [-0.3, -0.25) is 9.59 Å². The molecule has 2 atom stereocenters. The molecule has 1 saturated heterocycles. The first-order chi connectivity index (χ1) is 8.82. The number of rotatable bonds is 5. The van der Waals surface area contributed by atoms with E-state index in [1.54, 1.807) is 11.8 Å². The summed E-state index contributed by atoms with van der Waals surface area (Å²) in [5, 5.41) is 0.463. The van der Waals surface area contributed by atoms with Gasteiger partial charge in [-0.1, -0.05) is 20.8 Å². The van der Waals surface area contributed by atoms with Gasteiger partial charge >= 0.3 is 0 Å². The summed E-state index contributed by atoms with van der Waals surface area (Å²) >= 11 is 1.73. The van der Waals surface area contributed by atoms with E-state index in [0.717, 1.165) is 0 Å². The molecule has 0 unspecified atom stereocenters. The number of nitrogens with two attached hydrogens (primary N) is 1. The largest absolute Gasteiger partial charge is 0.369 e. The molecule has 19 heavy (non-hydrogen) atoms. The molecule has 5 heteroatoms. The molecule has 0 spiro atoms. The van der Waals surface area contributed by atoms with Crippen LogP contribution in [0.2, 0.25) is 0 Å². The highest BCUT2D eigenvalue weighted by molar-refractivity contribution is 8.01. The van der Waals surface area contributed by atoms with Crippen molar-refractivity contribution in [2.24, 2.45) is 17.6 Å². The van der Waals surface area contributed by atoms with Crippen LogP contribution in [0.4, 0.5) is 0 Å². The number of carbonyl (C=O) groups excluding carboxylic acids is 2. The summed E-state index contributed by atoms with van der Waals surface area (Å²) in [6, 6.07) is 0. The van der Waals surface area contributed by atoms with Crippen molar-refractivity contribution < 1.29 is 9.59 Å². The molecule has 1 aliphatic rings. The minimum Gasteiger partial charge on any atom is -0.369 e. The Balaban J connectivity index is 2.44. The van der Waals surface area contributed by atoms with E-state index in [-0.39, 0.29) is 23.0 Å². The van der Waals surface area contributed by atoms with E-state index in [2.05, 4.69) is 20.8 Å². The number of likely N-dealkylation sites (tertiary alicyclic amines) is 1. The Morgan fingerprint density at radius 1 is 1.16 bits per heavy atom. The lowest BCUT2D eigenvalue weighted by atomic mass is 9.96. The van der Waals surface area contributed by atoms with Gasteiger partial charge in [0.05, 0.1) is 5.25 Å². The predicted molar refractivity (Wildman–Crippen MR) is 79.9 cm³/mol. The lowest BCUT2D eigenvalue weighted by Gasteiger charge is -2.33. The molecule has 4 nitrogen and oxygen atoms in total. The molecule has 2 amide bonds. The Morgan fingerprint density at radius 2 is 1.68 bits per heavy atom. The van der Waals surface area contributed by atoms with Gasteiger partial charge in [0.2, 0.25) is 11.8 Å². The van der Waals surface area contributed by atoms with Gasteiger partial charge in [0.15, 0.2) is 0 Å². The molecule has 0 bridgehead atoms. The van der Waals surface area contributed by atoms with Crippen LogP contribution < -0.4 is 5.73 Å². The molecule has 1 aliphatic heterocycles. The molecule has 1 heterocycles. The van der Waals surface area contributed by atoms with Crippen LogP contribution in [0, 0.1) is 11.8 Å². The van der Waals surface area contributed by atoms with Crippen molar-refractivity contribution in [3.8, 4) is 0 Å². The van der Waals surface area contributed by atoms with Crippen molar-refractivity contribution >= 4 is 23.6 Å². The first-order valence-electron chi connectivity index (χ1n) is 7.06. The van der Waals surface area contributed by atoms with Gasteiger partial charge in [-0.2, -0.15) is 0 Å². The van der Waals surface area contributed by atoms with E-state index >= 15 is 0 Å². The van der Waals surface area contributed by atoms with Gasteiger partial charge in [0.25, 0.3) is 0 Å². The van der Waals surface area contributed by atoms with Crippen LogP contribution in [0.15, 0.2) is 0 Å². The highest BCUT2D eigenvalue weighted by Crippen LogP contribution is 2.26. The number of hydrogen-bond acceptors (Lipinski definition) is 3. The van der Waals surface area contributed by atoms with Crippen molar-refractivity contribution in [1.82, 2.24) is 4.90 Å². The van der Waals surface area contributed by atoms with E-state index in [4.69, 9.17) is 5.73 Å². The van der Waals surface area contributed by atoms with Crippen molar-refractivity contribution in [3.05, 3.63) is 0 Å². The van der Waals surface area contributed by atoms with Crippen molar-refractivity contribution in [1.29, 1.82) is 0 Å². The van der Waals surface area contributed by atoms with E-state index in [0.29, 0.717) is 37.1 Å². The highest BCUT2D eigenvalue weighted by atomic mass is 32.2. The van der Waals surface area contributed by atoms with Gasteiger partial charge in [-0.25, -0.2) is 0 Å². The number of carbonyl (C=O) groups is 2. The van der Waals surface area contributed by atoms with Gasteiger partial charge in [0.1, 0.15) is 0 Å². The average Bonchev–Trinajstić information content (AvgIpc) is 2.37. The predicted octanol–water partition coefficient (Wildman–Crippen LogP) is 1.88. The summed E-state index contributed by atoms with van der Waals surface area (Å²) in [4.78, 5) is 25.3. The normalized spacial score (nSPS) is 20.4. The molecule has 1 fully saturated rings. The second-order valence-corrected chi connectivity index (χ2v) is 7.45. The molecular weight excluding hydrogens is 260 g/mol. The van der Waals surface area contributed by atoms with Crippen LogP contribution in [-0.4, -0.2) is 40.3 Å². The van der Waals surface area contributed by atoms with Gasteiger partial charge in [-0.05, 0) is 25.7 Å². The minimum atomic E-state index is -0.233. The molecule has 0 aromatic heterocycles. The number of amides is 2. The summed E-state index contributed by atoms with van der Waals surface area (Å²) in [6.45, 7) is 9.81. The summed E-state index contributed by atoms with van der Waals surface area (Å²) in [6.07, 6.45) is 1.41. The van der Waals surface area contributed by atoms with Crippen LogP contribution in [0.25, 0.3) is 0 Å². The number of hydrogen-bond donors (Lipinski definition) is 1. The molecule has 0 aliphatic carbocycles. The van der Waals surface area contributed by atoms with Crippen LogP contribution in [0.3, 0.4) is 0 Å². The molecule has 1 rings (SSSR count). The smallest absolute Gasteiger partial charge is 0.235 e. The van der Waals surface area contributed by atoms with Crippen LogP contribution in [-0.2, 0) is 9.59 Å². The topological polar surface area (TPSA) is 63.4 Å². The summed E-state index contributed by atoms with van der Waals surface area (Å²) in [5.74, 6) is 0.478. The summed E-state index contributed by atoms with van der Waals surface area (Å²) < 4.78 is 0. The zero-order valence-corrected chi connectivity index (χ0v) is 13.2. The highest BCUT2D eigenvalue weighted by Gasteiger charge is 2.29. The maximum absolute atomic E-state index is 12.3. The van der Waals surface area contributed by atoms with Crippen LogP contribution >= 0.6 is 11.8 Å². The molecule has 0 aromatic carbocycles. The third-order valence-corrected chi connectivity index (χ3v) is 5.50. The fraction of sp³-hybridized carbons (Fsp3) is 0.857. The quantitative estimate of drug-likeness (QED) is 0.839. The Bertz CT molecular complexity index is 325. The number of piperidine rings is 1. The maximum Gasteiger partial charge on any atom is 0.235 e. The van der Waals surface area contributed by atoms with E-state index in [1.165, 1.54) is 0 Å². The Kier molecular flexibility index (Phi) is 6.17. The summed E-state index contributed by atoms with van der Waals surface area (Å²) in [7, 11) is 0. The summed E-state index contributed by atoms with van der Waals surface area (Å²) in [5.41, 5.74) is 5.30. The number of primary amides is 1. The third-order valence-electron chi connectivity index (χ3n) is 3.91. The van der Waals surface area contributed by atoms with E-state index in [1.807, 2.05) is 11.8 Å². The first-order valence-corrected chi connectivity index (χ1v) is 8.00. The zero-order valence-electron chi connectivity index (χ0n) is 12.4. The number of thioether (sulfide) groups is 1. The SMILES string of the molecule is CC(C)[C@@H](C)S[C@@H](C)C(=O)N1CCC(C(N)=O)CC1. The molecule has 110 valence electrons. The second kappa shape index (κ2) is 7.17. The third kappa shape index (κ3) is 4.71. The minimum absolute atomic E-state index is 0.0115. The van der Waals surface area contributed by atoms with Crippen molar-refractivity contribution in [2.75, 3.05) is 13.1 Å². The fourth-order valence-electron chi connectivity index (χ4n) is 2.18. The first kappa shape index (κ1) is 16.3. The van der Waals surface area contributed by atoms with E-state index < -0.39 is 0 Å². The standard InChI is InChI=1S/C14H26N2O2S/c1-9(2)10(3)19-11(4)14(18)16-7-5-12(6-8-16)13(15)17/h9-12H,5-8H2,1-4H3,(H2,15,17)/t10-,11+/m1/s1. The average molecular weight is 286 g/mol.